The second-order valence-electron chi connectivity index (χ2n) is 6.14. The summed E-state index contributed by atoms with van der Waals surface area (Å²) in [5.74, 6) is 1.88. The molecule has 0 amide bonds. The van der Waals surface area contributed by atoms with Crippen LogP contribution in [0.2, 0.25) is 0 Å². The van der Waals surface area contributed by atoms with Crippen molar-refractivity contribution >= 4 is 17.3 Å². The van der Waals surface area contributed by atoms with Gasteiger partial charge in [0.15, 0.2) is 11.5 Å². The van der Waals surface area contributed by atoms with E-state index in [9.17, 15) is 10.1 Å². The van der Waals surface area contributed by atoms with Gasteiger partial charge in [-0.25, -0.2) is 9.97 Å². The first kappa shape index (κ1) is 20.4. The topological polar surface area (TPSA) is 121 Å². The van der Waals surface area contributed by atoms with Crippen LogP contribution in [-0.4, -0.2) is 62.5 Å². The number of methoxy groups -OCH3 is 3. The standard InChI is InChI=1S/C18H23N5O6/c1-26-13-8-12(9-14(27-2)16(13)28-3)10-19-17-15(23(24)25)18(21-11-20-17)22-4-6-29-7-5-22/h8-9,11H,4-7,10H2,1-3H3,(H,19,20,21). The van der Waals surface area contributed by atoms with Crippen molar-refractivity contribution in [2.75, 3.05) is 57.8 Å². The summed E-state index contributed by atoms with van der Waals surface area (Å²) < 4.78 is 21.3. The minimum absolute atomic E-state index is 0.139. The maximum atomic E-state index is 11.8. The van der Waals surface area contributed by atoms with Gasteiger partial charge in [0.25, 0.3) is 0 Å². The Hall–Kier alpha value is -3.34. The number of nitrogens with one attached hydrogen (secondary N) is 1. The third-order valence-electron chi connectivity index (χ3n) is 4.48. The second kappa shape index (κ2) is 9.24. The zero-order valence-electron chi connectivity index (χ0n) is 16.5. The third kappa shape index (κ3) is 4.40. The summed E-state index contributed by atoms with van der Waals surface area (Å²) in [6.07, 6.45) is 1.31. The summed E-state index contributed by atoms with van der Waals surface area (Å²) in [5, 5.41) is 14.8. The number of morpholine rings is 1. The maximum Gasteiger partial charge on any atom is 0.353 e. The molecule has 1 aliphatic rings. The van der Waals surface area contributed by atoms with E-state index in [1.807, 2.05) is 4.90 Å². The lowest BCUT2D eigenvalue weighted by Gasteiger charge is -2.27. The molecule has 1 aromatic carbocycles. The van der Waals surface area contributed by atoms with Crippen molar-refractivity contribution in [1.29, 1.82) is 0 Å². The molecule has 2 aromatic rings. The Labute approximate surface area is 167 Å². The van der Waals surface area contributed by atoms with E-state index in [0.29, 0.717) is 43.6 Å². The molecule has 2 heterocycles. The average Bonchev–Trinajstić information content (AvgIpc) is 2.76. The molecule has 0 unspecified atom stereocenters. The maximum absolute atomic E-state index is 11.8. The van der Waals surface area contributed by atoms with Crippen LogP contribution in [0.4, 0.5) is 17.3 Å². The highest BCUT2D eigenvalue weighted by molar-refractivity contribution is 5.70. The second-order valence-corrected chi connectivity index (χ2v) is 6.14. The molecule has 1 N–H and O–H groups in total. The Morgan fingerprint density at radius 3 is 2.34 bits per heavy atom. The predicted molar refractivity (Wildman–Crippen MR) is 105 cm³/mol. The number of rotatable bonds is 8. The van der Waals surface area contributed by atoms with Crippen molar-refractivity contribution in [1.82, 2.24) is 9.97 Å². The highest BCUT2D eigenvalue weighted by atomic mass is 16.6. The van der Waals surface area contributed by atoms with Gasteiger partial charge in [0.05, 0.1) is 39.5 Å². The molecule has 1 saturated heterocycles. The average molecular weight is 405 g/mol. The molecule has 0 saturated carbocycles. The summed E-state index contributed by atoms with van der Waals surface area (Å²) in [4.78, 5) is 21.3. The van der Waals surface area contributed by atoms with Gasteiger partial charge in [0.1, 0.15) is 6.33 Å². The van der Waals surface area contributed by atoms with Crippen molar-refractivity contribution in [2.45, 2.75) is 6.54 Å². The predicted octanol–water partition coefficient (Wildman–Crippen LogP) is 1.86. The summed E-state index contributed by atoms with van der Waals surface area (Å²) in [5.41, 5.74) is 0.613. The van der Waals surface area contributed by atoms with Crippen LogP contribution in [0.15, 0.2) is 18.5 Å². The lowest BCUT2D eigenvalue weighted by Crippen LogP contribution is -2.37. The molecule has 0 spiro atoms. The minimum atomic E-state index is -0.470. The molecule has 0 bridgehead atoms. The number of hydrogen-bond donors (Lipinski definition) is 1. The van der Waals surface area contributed by atoms with Gasteiger partial charge < -0.3 is 29.2 Å². The first-order valence-electron chi connectivity index (χ1n) is 8.93. The molecule has 1 aliphatic heterocycles. The lowest BCUT2D eigenvalue weighted by molar-refractivity contribution is -0.383. The van der Waals surface area contributed by atoms with Gasteiger partial charge in [-0.2, -0.15) is 0 Å². The zero-order chi connectivity index (χ0) is 20.8. The molecule has 11 nitrogen and oxygen atoms in total. The van der Waals surface area contributed by atoms with Crippen LogP contribution in [0.1, 0.15) is 5.56 Å². The molecule has 1 fully saturated rings. The van der Waals surface area contributed by atoms with Crippen LogP contribution >= 0.6 is 0 Å². The minimum Gasteiger partial charge on any atom is -0.493 e. The Balaban J connectivity index is 1.88. The Morgan fingerprint density at radius 1 is 1.14 bits per heavy atom. The van der Waals surface area contributed by atoms with E-state index in [-0.39, 0.29) is 23.9 Å². The molecule has 156 valence electrons. The van der Waals surface area contributed by atoms with Crippen LogP contribution in [0.3, 0.4) is 0 Å². The van der Waals surface area contributed by atoms with Crippen molar-refractivity contribution in [3.8, 4) is 17.2 Å². The van der Waals surface area contributed by atoms with Crippen molar-refractivity contribution in [2.24, 2.45) is 0 Å². The van der Waals surface area contributed by atoms with E-state index in [2.05, 4.69) is 15.3 Å². The molecule has 29 heavy (non-hydrogen) atoms. The van der Waals surface area contributed by atoms with Gasteiger partial charge in [0.2, 0.25) is 17.4 Å². The van der Waals surface area contributed by atoms with Crippen LogP contribution in [0, 0.1) is 10.1 Å². The van der Waals surface area contributed by atoms with Crippen LogP contribution in [0.5, 0.6) is 17.2 Å². The van der Waals surface area contributed by atoms with E-state index in [4.69, 9.17) is 18.9 Å². The first-order chi connectivity index (χ1) is 14.1. The van der Waals surface area contributed by atoms with Gasteiger partial charge >= 0.3 is 5.69 Å². The molecule has 0 aliphatic carbocycles. The lowest BCUT2D eigenvalue weighted by atomic mass is 10.1. The van der Waals surface area contributed by atoms with Gasteiger partial charge in [-0.1, -0.05) is 0 Å². The Kier molecular flexibility index (Phi) is 6.50. The quantitative estimate of drug-likeness (QED) is 0.514. The van der Waals surface area contributed by atoms with E-state index >= 15 is 0 Å². The summed E-state index contributed by atoms with van der Waals surface area (Å²) in [6.45, 7) is 2.32. The summed E-state index contributed by atoms with van der Waals surface area (Å²) in [7, 11) is 4.58. The fourth-order valence-electron chi connectivity index (χ4n) is 3.10. The van der Waals surface area contributed by atoms with E-state index in [0.717, 1.165) is 5.56 Å². The van der Waals surface area contributed by atoms with Gasteiger partial charge in [-0.3, -0.25) is 10.1 Å². The molecule has 0 radical (unpaired) electrons. The van der Waals surface area contributed by atoms with Crippen LogP contribution in [-0.2, 0) is 11.3 Å². The van der Waals surface area contributed by atoms with Crippen LogP contribution in [0.25, 0.3) is 0 Å². The molecule has 0 atom stereocenters. The fourth-order valence-corrected chi connectivity index (χ4v) is 3.10. The molecule has 11 heteroatoms. The van der Waals surface area contributed by atoms with Gasteiger partial charge in [-0.05, 0) is 17.7 Å². The van der Waals surface area contributed by atoms with E-state index in [1.165, 1.54) is 27.7 Å². The number of nitro groups is 1. The first-order valence-corrected chi connectivity index (χ1v) is 8.93. The van der Waals surface area contributed by atoms with Crippen molar-refractivity contribution in [3.05, 3.63) is 34.1 Å². The third-order valence-corrected chi connectivity index (χ3v) is 4.48. The largest absolute Gasteiger partial charge is 0.493 e. The number of aromatic nitrogens is 2. The zero-order valence-corrected chi connectivity index (χ0v) is 16.5. The fraction of sp³-hybridized carbons (Fsp3) is 0.444. The van der Waals surface area contributed by atoms with Gasteiger partial charge in [-0.15, -0.1) is 0 Å². The molecular formula is C18H23N5O6. The highest BCUT2D eigenvalue weighted by Gasteiger charge is 2.28. The SMILES string of the molecule is COc1cc(CNc2ncnc(N3CCOCC3)c2[N+](=O)[O-])cc(OC)c1OC. The smallest absolute Gasteiger partial charge is 0.353 e. The van der Waals surface area contributed by atoms with Crippen LogP contribution < -0.4 is 24.4 Å². The normalized spacial score (nSPS) is 13.7. The summed E-state index contributed by atoms with van der Waals surface area (Å²) in [6, 6.07) is 3.54. The number of ether oxygens (including phenoxy) is 4. The number of hydrogen-bond acceptors (Lipinski definition) is 10. The van der Waals surface area contributed by atoms with E-state index < -0.39 is 4.92 Å². The van der Waals surface area contributed by atoms with E-state index in [1.54, 1.807) is 12.1 Å². The highest BCUT2D eigenvalue weighted by Crippen LogP contribution is 2.39. The number of nitrogens with zero attached hydrogens (tertiary/aromatic N) is 4. The Morgan fingerprint density at radius 2 is 1.79 bits per heavy atom. The van der Waals surface area contributed by atoms with Crippen molar-refractivity contribution in [3.63, 3.8) is 0 Å². The molecule has 1 aromatic heterocycles. The molecule has 3 rings (SSSR count). The number of anilines is 2. The Bertz CT molecular complexity index is 847. The monoisotopic (exact) mass is 405 g/mol. The molecular weight excluding hydrogens is 382 g/mol. The van der Waals surface area contributed by atoms with Crippen molar-refractivity contribution < 1.29 is 23.9 Å². The van der Waals surface area contributed by atoms with Gasteiger partial charge in [0, 0.05) is 19.6 Å². The number of benzene rings is 1. The summed E-state index contributed by atoms with van der Waals surface area (Å²) >= 11 is 0.